The van der Waals surface area contributed by atoms with Crippen LogP contribution in [0.2, 0.25) is 0 Å². The molecule has 0 aliphatic carbocycles. The van der Waals surface area contributed by atoms with Crippen LogP contribution in [0.3, 0.4) is 0 Å². The van der Waals surface area contributed by atoms with Crippen LogP contribution < -0.4 is 20.7 Å². The van der Waals surface area contributed by atoms with Crippen molar-refractivity contribution in [2.45, 2.75) is 25.6 Å². The summed E-state index contributed by atoms with van der Waals surface area (Å²) in [6.45, 7) is 0.797. The van der Waals surface area contributed by atoms with Crippen LogP contribution in [-0.4, -0.2) is 12.9 Å². The zero-order valence-electron chi connectivity index (χ0n) is 15.2. The summed E-state index contributed by atoms with van der Waals surface area (Å²) in [5, 5.41) is 3.99. The van der Waals surface area contributed by atoms with Gasteiger partial charge in [0.25, 0.3) is 0 Å². The summed E-state index contributed by atoms with van der Waals surface area (Å²) in [6.07, 6.45) is 3.16. The number of hydrogen-bond donors (Lipinski definition) is 0. The Bertz CT molecular complexity index is 781. The molecule has 0 bridgehead atoms. The molecule has 27 heavy (non-hydrogen) atoms. The first-order valence-corrected chi connectivity index (χ1v) is 10.5. The van der Waals surface area contributed by atoms with Crippen LogP contribution in [0.5, 0.6) is 5.75 Å². The topological polar surface area (TPSA) is 18.5 Å². The van der Waals surface area contributed by atoms with Gasteiger partial charge in [-0.2, -0.15) is 0 Å². The van der Waals surface area contributed by atoms with E-state index in [9.17, 15) is 0 Å². The molecular weight excluding hydrogens is 466 g/mol. The van der Waals surface area contributed by atoms with E-state index in [2.05, 4.69) is 78.9 Å². The van der Waals surface area contributed by atoms with Crippen LogP contribution in [0.1, 0.15) is 19.3 Å². The first kappa shape index (κ1) is 20.3. The smallest absolute Gasteiger partial charge is 0.199 e. The summed E-state index contributed by atoms with van der Waals surface area (Å²) in [5.41, 5.74) is 0. The first-order chi connectivity index (χ1) is 12.9. The second-order valence-corrected chi connectivity index (χ2v) is 8.64. The molecular formula is C23H24IO2P. The summed E-state index contributed by atoms with van der Waals surface area (Å²) < 4.78 is 11.8. The van der Waals surface area contributed by atoms with Crippen LogP contribution in [-0.2, 0) is 4.74 Å². The Labute approximate surface area is 179 Å². The summed E-state index contributed by atoms with van der Waals surface area (Å²) in [6, 6.07) is 30.0. The van der Waals surface area contributed by atoms with Crippen molar-refractivity contribution in [2.75, 3.05) is 6.61 Å². The lowest BCUT2D eigenvalue weighted by molar-refractivity contribution is -0.105. The van der Waals surface area contributed by atoms with Gasteiger partial charge >= 0.3 is 0 Å². The van der Waals surface area contributed by atoms with E-state index < -0.39 is 7.92 Å². The van der Waals surface area contributed by atoms with Crippen molar-refractivity contribution in [2.24, 2.45) is 0 Å². The zero-order chi connectivity index (χ0) is 17.6. The average molecular weight is 490 g/mol. The lowest BCUT2D eigenvalue weighted by atomic mass is 10.2. The molecule has 0 amide bonds. The third kappa shape index (κ3) is 5.31. The van der Waals surface area contributed by atoms with Crippen LogP contribution >= 0.6 is 31.9 Å². The van der Waals surface area contributed by atoms with Gasteiger partial charge in [0.1, 0.15) is 5.75 Å². The van der Waals surface area contributed by atoms with Crippen molar-refractivity contribution in [3.05, 3.63) is 84.9 Å². The number of halogens is 1. The van der Waals surface area contributed by atoms with Crippen molar-refractivity contribution in [3.8, 4) is 5.75 Å². The van der Waals surface area contributed by atoms with Crippen LogP contribution in [0.15, 0.2) is 84.9 Å². The molecule has 1 unspecified atom stereocenters. The molecule has 1 aliphatic rings. The van der Waals surface area contributed by atoms with Gasteiger partial charge in [-0.3, -0.25) is 0 Å². The van der Waals surface area contributed by atoms with Gasteiger partial charge in [0.2, 0.25) is 0 Å². The quantitative estimate of drug-likeness (QED) is 0.372. The SMILES string of the molecule is I.c1ccc(P(c2ccccc2)c2cccc(OC3CCCCO3)c2)cc1. The summed E-state index contributed by atoms with van der Waals surface area (Å²) >= 11 is 0. The highest BCUT2D eigenvalue weighted by Gasteiger charge is 2.19. The molecule has 2 nitrogen and oxygen atoms in total. The highest BCUT2D eigenvalue weighted by atomic mass is 127. The molecule has 0 saturated carbocycles. The van der Waals surface area contributed by atoms with Crippen LogP contribution in [0, 0.1) is 0 Å². The largest absolute Gasteiger partial charge is 0.465 e. The van der Waals surface area contributed by atoms with Crippen molar-refractivity contribution in [1.29, 1.82) is 0 Å². The van der Waals surface area contributed by atoms with Gasteiger partial charge in [0.05, 0.1) is 6.61 Å². The van der Waals surface area contributed by atoms with E-state index in [1.54, 1.807) is 0 Å². The molecule has 0 spiro atoms. The molecule has 4 heteroatoms. The minimum Gasteiger partial charge on any atom is -0.465 e. The second kappa shape index (κ2) is 10.2. The first-order valence-electron chi connectivity index (χ1n) is 9.19. The van der Waals surface area contributed by atoms with Gasteiger partial charge in [-0.1, -0.05) is 72.8 Å². The molecule has 0 radical (unpaired) electrons. The van der Waals surface area contributed by atoms with Gasteiger partial charge in [0.15, 0.2) is 6.29 Å². The average Bonchev–Trinajstić information content (AvgIpc) is 2.71. The van der Waals surface area contributed by atoms with Crippen LogP contribution in [0.4, 0.5) is 0 Å². The fourth-order valence-electron chi connectivity index (χ4n) is 3.25. The van der Waals surface area contributed by atoms with Gasteiger partial charge in [-0.05, 0) is 48.8 Å². The minimum absolute atomic E-state index is 0. The summed E-state index contributed by atoms with van der Waals surface area (Å²) in [4.78, 5) is 0. The predicted octanol–water partition coefficient (Wildman–Crippen LogP) is 4.97. The Morgan fingerprint density at radius 3 is 1.96 bits per heavy atom. The highest BCUT2D eigenvalue weighted by molar-refractivity contribution is 14.0. The Balaban J connectivity index is 0.00000210. The lowest BCUT2D eigenvalue weighted by Gasteiger charge is -2.24. The van der Waals surface area contributed by atoms with Crippen molar-refractivity contribution >= 4 is 47.8 Å². The number of ether oxygens (including phenoxy) is 2. The molecule has 0 N–H and O–H groups in total. The van der Waals surface area contributed by atoms with Gasteiger partial charge in [-0.15, -0.1) is 24.0 Å². The van der Waals surface area contributed by atoms with Crippen LogP contribution in [0.25, 0.3) is 0 Å². The van der Waals surface area contributed by atoms with Gasteiger partial charge in [0, 0.05) is 6.42 Å². The van der Waals surface area contributed by atoms with Crippen molar-refractivity contribution in [3.63, 3.8) is 0 Å². The molecule has 1 fully saturated rings. The van der Waals surface area contributed by atoms with Gasteiger partial charge < -0.3 is 9.47 Å². The molecule has 0 aromatic heterocycles. The van der Waals surface area contributed by atoms with Gasteiger partial charge in [-0.25, -0.2) is 0 Å². The van der Waals surface area contributed by atoms with Crippen molar-refractivity contribution < 1.29 is 9.47 Å². The minimum atomic E-state index is -0.606. The molecule has 4 rings (SSSR count). The standard InChI is InChI=1S/C23H23O2P.HI/c1-3-11-20(12-4-1)26(21-13-5-2-6-14-21)22-15-9-10-19(18-22)25-23-16-7-8-17-24-23;/h1-6,9-15,18,23H,7-8,16-17H2;1H. The van der Waals surface area contributed by atoms with E-state index in [0.717, 1.165) is 25.2 Å². The molecule has 1 heterocycles. The molecule has 3 aromatic rings. The Kier molecular flexibility index (Phi) is 7.69. The Morgan fingerprint density at radius 1 is 0.741 bits per heavy atom. The Morgan fingerprint density at radius 2 is 1.37 bits per heavy atom. The predicted molar refractivity (Wildman–Crippen MR) is 125 cm³/mol. The van der Waals surface area contributed by atoms with Crippen molar-refractivity contribution in [1.82, 2.24) is 0 Å². The molecule has 1 atom stereocenters. The molecule has 1 aliphatic heterocycles. The lowest BCUT2D eigenvalue weighted by Crippen LogP contribution is -2.26. The maximum absolute atomic E-state index is 6.11. The van der Waals surface area contributed by atoms with E-state index in [4.69, 9.17) is 9.47 Å². The van der Waals surface area contributed by atoms with E-state index in [1.807, 2.05) is 6.07 Å². The second-order valence-electron chi connectivity index (χ2n) is 6.42. The third-order valence-electron chi connectivity index (χ3n) is 4.51. The fraction of sp³-hybridized carbons (Fsp3) is 0.217. The van der Waals surface area contributed by atoms with E-state index >= 15 is 0 Å². The van der Waals surface area contributed by atoms with E-state index in [0.29, 0.717) is 0 Å². The normalized spacial score (nSPS) is 16.6. The number of hydrogen-bond acceptors (Lipinski definition) is 2. The maximum Gasteiger partial charge on any atom is 0.199 e. The van der Waals surface area contributed by atoms with E-state index in [1.165, 1.54) is 22.3 Å². The molecule has 140 valence electrons. The monoisotopic (exact) mass is 490 g/mol. The Hall–Kier alpha value is -1.42. The summed E-state index contributed by atoms with van der Waals surface area (Å²) in [5.74, 6) is 0.897. The number of rotatable bonds is 5. The fourth-order valence-corrected chi connectivity index (χ4v) is 5.58. The molecule has 1 saturated heterocycles. The van der Waals surface area contributed by atoms with E-state index in [-0.39, 0.29) is 30.3 Å². The highest BCUT2D eigenvalue weighted by Crippen LogP contribution is 2.34. The zero-order valence-corrected chi connectivity index (χ0v) is 18.4. The summed E-state index contributed by atoms with van der Waals surface area (Å²) in [7, 11) is -0.606. The number of benzene rings is 3. The molecule has 3 aromatic carbocycles. The maximum atomic E-state index is 6.11. The third-order valence-corrected chi connectivity index (χ3v) is 6.93.